The summed E-state index contributed by atoms with van der Waals surface area (Å²) in [4.78, 5) is 0. The molecule has 2 nitrogen and oxygen atoms in total. The summed E-state index contributed by atoms with van der Waals surface area (Å²) in [6, 6.07) is 19.9. The number of hydrogen-bond acceptors (Lipinski definition) is 0. The zero-order chi connectivity index (χ0) is 23.2. The minimum atomic E-state index is -0.111. The van der Waals surface area contributed by atoms with Crippen molar-refractivity contribution in [2.75, 3.05) is 6.54 Å². The van der Waals surface area contributed by atoms with Crippen LogP contribution >= 0.6 is 11.6 Å². The maximum absolute atomic E-state index is 6.46. The van der Waals surface area contributed by atoms with Gasteiger partial charge in [0.25, 0.3) is 0 Å². The molecule has 1 aliphatic heterocycles. The van der Waals surface area contributed by atoms with E-state index in [1.807, 2.05) is 6.07 Å². The molecule has 0 fully saturated rings. The quantitative estimate of drug-likeness (QED) is 0.252. The predicted molar refractivity (Wildman–Crippen MR) is 143 cm³/mol. The summed E-state index contributed by atoms with van der Waals surface area (Å²) in [6.45, 7) is 11.3. The van der Waals surface area contributed by atoms with E-state index in [1.165, 1.54) is 69.7 Å². The van der Waals surface area contributed by atoms with Gasteiger partial charge in [-0.3, -0.25) is 0 Å². The maximum atomic E-state index is 6.46. The van der Waals surface area contributed by atoms with Crippen LogP contribution in [0.5, 0.6) is 0 Å². The molecule has 0 bridgehead atoms. The summed E-state index contributed by atoms with van der Waals surface area (Å²) in [5.74, 6) is 0. The number of rotatable bonds is 7. The molecular weight excluding hydrogens is 424 g/mol. The largest absolute Gasteiger partial charge is 0.340 e. The van der Waals surface area contributed by atoms with E-state index in [2.05, 4.69) is 91.4 Å². The van der Waals surface area contributed by atoms with Crippen molar-refractivity contribution in [1.82, 2.24) is 4.57 Å². The number of unbranched alkanes of at least 4 members (excludes halogenated alkanes) is 2. The topological polar surface area (TPSA) is 7.94 Å². The minimum Gasteiger partial charge on any atom is -0.340 e. The van der Waals surface area contributed by atoms with Crippen molar-refractivity contribution in [1.29, 1.82) is 0 Å². The van der Waals surface area contributed by atoms with Gasteiger partial charge in [-0.2, -0.15) is 4.58 Å². The van der Waals surface area contributed by atoms with Crippen LogP contribution in [-0.2, 0) is 12.0 Å². The number of nitrogens with zero attached hydrogens (tertiary/aromatic N) is 2. The number of hydrogen-bond donors (Lipinski definition) is 0. The number of benzene rings is 3. The molecular formula is C30H34ClN2+. The van der Waals surface area contributed by atoms with Gasteiger partial charge >= 0.3 is 0 Å². The molecule has 0 saturated heterocycles. The van der Waals surface area contributed by atoms with Gasteiger partial charge in [-0.15, -0.1) is 0 Å². The lowest BCUT2D eigenvalue weighted by atomic mass is 9.81. The highest BCUT2D eigenvalue weighted by molar-refractivity contribution is 6.31. The molecule has 1 aliphatic rings. The molecule has 5 rings (SSSR count). The van der Waals surface area contributed by atoms with Crippen LogP contribution in [-0.4, -0.2) is 21.4 Å². The van der Waals surface area contributed by atoms with E-state index in [1.54, 1.807) is 0 Å². The Morgan fingerprint density at radius 2 is 1.73 bits per heavy atom. The van der Waals surface area contributed by atoms with E-state index in [0.717, 1.165) is 18.1 Å². The average molecular weight is 458 g/mol. The van der Waals surface area contributed by atoms with E-state index in [0.29, 0.717) is 0 Å². The van der Waals surface area contributed by atoms with Gasteiger partial charge < -0.3 is 4.57 Å². The van der Waals surface area contributed by atoms with Crippen molar-refractivity contribution in [3.05, 3.63) is 70.5 Å². The molecule has 0 N–H and O–H groups in total. The van der Waals surface area contributed by atoms with Crippen molar-refractivity contribution >= 4 is 50.8 Å². The molecule has 2 heterocycles. The molecule has 0 saturated carbocycles. The van der Waals surface area contributed by atoms with E-state index in [9.17, 15) is 0 Å². The van der Waals surface area contributed by atoms with Gasteiger partial charge in [-0.05, 0) is 43.9 Å². The smallest absolute Gasteiger partial charge is 0.209 e. The summed E-state index contributed by atoms with van der Waals surface area (Å²) in [7, 11) is 0. The lowest BCUT2D eigenvalue weighted by Crippen LogP contribution is -2.31. The van der Waals surface area contributed by atoms with Crippen LogP contribution in [0, 0.1) is 0 Å². The number of halogens is 1. The number of aromatic nitrogens is 1. The lowest BCUT2D eigenvalue weighted by Gasteiger charge is -2.16. The Morgan fingerprint density at radius 3 is 2.48 bits per heavy atom. The standard InChI is InChI=1S/C30H34ClN2/c1-5-7-17-32-26-14-10-12-21-11-9-13-23(29(21)26)27(32)20-28-30(3,4)24-19-22(31)15-16-25(24)33(28)18-8-6-2/h9-16,19-20H,5-8,17-18H2,1-4H3/q+1. The van der Waals surface area contributed by atoms with Crippen molar-refractivity contribution < 1.29 is 4.58 Å². The summed E-state index contributed by atoms with van der Waals surface area (Å²) in [5, 5.41) is 6.21. The van der Waals surface area contributed by atoms with Gasteiger partial charge in [0.1, 0.15) is 6.54 Å². The Balaban J connectivity index is 1.84. The van der Waals surface area contributed by atoms with Gasteiger partial charge in [0.2, 0.25) is 5.69 Å². The fourth-order valence-corrected chi connectivity index (χ4v) is 5.71. The molecule has 3 aromatic carbocycles. The first kappa shape index (κ1) is 22.2. The van der Waals surface area contributed by atoms with E-state index >= 15 is 0 Å². The molecule has 0 spiro atoms. The predicted octanol–water partition coefficient (Wildman–Crippen LogP) is 7.62. The minimum absolute atomic E-state index is 0.111. The van der Waals surface area contributed by atoms with E-state index in [4.69, 9.17) is 11.6 Å². The van der Waals surface area contributed by atoms with Crippen LogP contribution < -0.4 is 5.35 Å². The van der Waals surface area contributed by atoms with Gasteiger partial charge in [0, 0.05) is 52.0 Å². The van der Waals surface area contributed by atoms with Gasteiger partial charge in [-0.1, -0.05) is 68.6 Å². The van der Waals surface area contributed by atoms with Gasteiger partial charge in [-0.25, -0.2) is 0 Å². The zero-order valence-electron chi connectivity index (χ0n) is 20.3. The second kappa shape index (κ2) is 8.65. The molecule has 0 unspecified atom stereocenters. The van der Waals surface area contributed by atoms with Crippen molar-refractivity contribution in [3.63, 3.8) is 0 Å². The number of aryl methyl sites for hydroxylation is 1. The van der Waals surface area contributed by atoms with Crippen molar-refractivity contribution in [2.24, 2.45) is 0 Å². The third kappa shape index (κ3) is 3.60. The first-order valence-electron chi connectivity index (χ1n) is 12.4. The van der Waals surface area contributed by atoms with Crippen molar-refractivity contribution in [2.45, 2.75) is 65.3 Å². The maximum Gasteiger partial charge on any atom is 0.209 e. The number of fused-ring (bicyclic) bond motifs is 1. The van der Waals surface area contributed by atoms with Gasteiger partial charge in [0.05, 0.1) is 10.8 Å². The second-order valence-electron chi connectivity index (χ2n) is 9.89. The molecule has 3 heteroatoms. The van der Waals surface area contributed by atoms with E-state index in [-0.39, 0.29) is 5.41 Å². The van der Waals surface area contributed by atoms with Crippen molar-refractivity contribution in [3.8, 4) is 0 Å². The molecule has 1 aromatic heterocycles. The van der Waals surface area contributed by atoms with Gasteiger partial charge in [0.15, 0.2) is 5.71 Å². The molecule has 0 aliphatic carbocycles. The highest BCUT2D eigenvalue weighted by atomic mass is 35.5. The third-order valence-electron chi connectivity index (χ3n) is 7.34. The molecule has 4 aromatic rings. The Labute approximate surface area is 202 Å². The highest BCUT2D eigenvalue weighted by Gasteiger charge is 2.44. The van der Waals surface area contributed by atoms with Crippen LogP contribution in [0.2, 0.25) is 5.02 Å². The summed E-state index contributed by atoms with van der Waals surface area (Å²) < 4.78 is 5.10. The normalized spacial score (nSPS) is 15.8. The van der Waals surface area contributed by atoms with Crippen LogP contribution in [0.15, 0.2) is 54.6 Å². The monoisotopic (exact) mass is 457 g/mol. The summed E-state index contributed by atoms with van der Waals surface area (Å²) in [6.07, 6.45) is 7.19. The lowest BCUT2D eigenvalue weighted by molar-refractivity contribution is -0.437. The average Bonchev–Trinajstić information content (AvgIpc) is 3.22. The third-order valence-corrected chi connectivity index (χ3v) is 7.57. The van der Waals surface area contributed by atoms with E-state index < -0.39 is 0 Å². The summed E-state index contributed by atoms with van der Waals surface area (Å²) >= 11 is 6.46. The van der Waals surface area contributed by atoms with Crippen LogP contribution in [0.3, 0.4) is 0 Å². The fraction of sp³-hybridized carbons (Fsp3) is 0.367. The first-order chi connectivity index (χ1) is 16.0. The Hall–Kier alpha value is -2.58. The first-order valence-corrected chi connectivity index (χ1v) is 12.8. The fourth-order valence-electron chi connectivity index (χ4n) is 5.54. The van der Waals surface area contributed by atoms with Crippen LogP contribution in [0.4, 0.5) is 5.69 Å². The second-order valence-corrected chi connectivity index (χ2v) is 10.3. The zero-order valence-corrected chi connectivity index (χ0v) is 21.0. The molecule has 33 heavy (non-hydrogen) atoms. The molecule has 0 radical (unpaired) electrons. The summed E-state index contributed by atoms with van der Waals surface area (Å²) in [5.41, 5.74) is 5.24. The SMILES string of the molecule is CCCCn1/c(=C/C2=[N+](CCCC)c3ccc(Cl)cc3C2(C)C)c2cccc3cccc1c32. The molecule has 0 amide bonds. The molecule has 170 valence electrons. The van der Waals surface area contributed by atoms with Crippen LogP contribution in [0.25, 0.3) is 27.8 Å². The Bertz CT molecular complexity index is 1420. The Kier molecular flexibility index (Phi) is 5.82. The Morgan fingerprint density at radius 1 is 0.970 bits per heavy atom. The van der Waals surface area contributed by atoms with Crippen LogP contribution in [0.1, 0.15) is 58.9 Å². The highest BCUT2D eigenvalue weighted by Crippen LogP contribution is 2.41. The molecule has 0 atom stereocenters.